The molecule has 4 rings (SSSR count). The van der Waals surface area contributed by atoms with Crippen LogP contribution in [0.25, 0.3) is 11.0 Å². The number of aryl methyl sites for hydroxylation is 2. The van der Waals surface area contributed by atoms with E-state index in [0.717, 1.165) is 52.3 Å². The molecule has 0 unspecified atom stereocenters. The number of rotatable bonds is 6. The standard InChI is InChI=1S/C24H27ClN2O2/c1-16-9-10-19-18(13-23(28)29-24(19)17(16)2)14-26-15-22(27-11-5-6-12-27)20-7-3-4-8-21(20)25/h3-4,7-10,13,22,26H,5-6,11-12,14-15H2,1-2H3/t22-/m1/s1. The molecule has 1 aliphatic heterocycles. The molecule has 0 radical (unpaired) electrons. The van der Waals surface area contributed by atoms with Gasteiger partial charge in [0.15, 0.2) is 0 Å². The molecule has 0 aliphatic carbocycles. The number of fused-ring (bicyclic) bond motifs is 1. The number of halogens is 1. The molecule has 0 bridgehead atoms. The summed E-state index contributed by atoms with van der Waals surface area (Å²) >= 11 is 6.52. The predicted molar refractivity (Wildman–Crippen MR) is 119 cm³/mol. The third-order valence-electron chi connectivity index (χ3n) is 6.02. The summed E-state index contributed by atoms with van der Waals surface area (Å²) in [6.45, 7) is 7.60. The van der Waals surface area contributed by atoms with Crippen molar-refractivity contribution < 1.29 is 4.42 Å². The molecule has 0 amide bonds. The SMILES string of the molecule is Cc1ccc2c(CNC[C@H](c3ccccc3Cl)N3CCCC3)cc(=O)oc2c1C. The monoisotopic (exact) mass is 410 g/mol. The van der Waals surface area contributed by atoms with Gasteiger partial charge in [0.25, 0.3) is 0 Å². The molecular weight excluding hydrogens is 384 g/mol. The topological polar surface area (TPSA) is 45.5 Å². The lowest BCUT2D eigenvalue weighted by molar-refractivity contribution is 0.238. The van der Waals surface area contributed by atoms with Gasteiger partial charge in [0.1, 0.15) is 5.58 Å². The van der Waals surface area contributed by atoms with E-state index in [1.54, 1.807) is 6.07 Å². The molecule has 29 heavy (non-hydrogen) atoms. The van der Waals surface area contributed by atoms with Crippen molar-refractivity contribution in [2.45, 2.75) is 39.3 Å². The second-order valence-corrected chi connectivity index (χ2v) is 8.29. The van der Waals surface area contributed by atoms with E-state index >= 15 is 0 Å². The summed E-state index contributed by atoms with van der Waals surface area (Å²) in [6.07, 6.45) is 2.45. The summed E-state index contributed by atoms with van der Waals surface area (Å²) in [5.74, 6) is 0. The highest BCUT2D eigenvalue weighted by Crippen LogP contribution is 2.30. The minimum absolute atomic E-state index is 0.224. The smallest absolute Gasteiger partial charge is 0.336 e. The molecule has 1 aromatic heterocycles. The number of benzene rings is 2. The molecule has 1 N–H and O–H groups in total. The van der Waals surface area contributed by atoms with Crippen LogP contribution >= 0.6 is 11.6 Å². The zero-order chi connectivity index (χ0) is 20.4. The number of nitrogens with zero attached hydrogens (tertiary/aromatic N) is 1. The van der Waals surface area contributed by atoms with Crippen LogP contribution in [0.2, 0.25) is 5.02 Å². The van der Waals surface area contributed by atoms with Crippen molar-refractivity contribution in [3.8, 4) is 0 Å². The van der Waals surface area contributed by atoms with Gasteiger partial charge in [0, 0.05) is 35.6 Å². The van der Waals surface area contributed by atoms with Gasteiger partial charge in [-0.1, -0.05) is 41.9 Å². The van der Waals surface area contributed by atoms with E-state index < -0.39 is 0 Å². The highest BCUT2D eigenvalue weighted by molar-refractivity contribution is 6.31. The molecular formula is C24H27ClN2O2. The maximum atomic E-state index is 12.1. The molecule has 0 saturated carbocycles. The van der Waals surface area contributed by atoms with E-state index in [1.807, 2.05) is 38.1 Å². The largest absolute Gasteiger partial charge is 0.422 e. The van der Waals surface area contributed by atoms with Crippen LogP contribution in [0.1, 0.15) is 41.1 Å². The van der Waals surface area contributed by atoms with Crippen molar-refractivity contribution in [3.05, 3.63) is 80.2 Å². The fraction of sp³-hybridized carbons (Fsp3) is 0.375. The maximum absolute atomic E-state index is 12.1. The average Bonchev–Trinajstić information content (AvgIpc) is 3.24. The van der Waals surface area contributed by atoms with Gasteiger partial charge in [-0.15, -0.1) is 0 Å². The van der Waals surface area contributed by atoms with Crippen molar-refractivity contribution in [3.63, 3.8) is 0 Å². The molecule has 3 aromatic rings. The Hall–Kier alpha value is -2.14. The normalized spacial score (nSPS) is 15.8. The molecule has 1 atom stereocenters. The van der Waals surface area contributed by atoms with Crippen molar-refractivity contribution in [2.24, 2.45) is 0 Å². The van der Waals surface area contributed by atoms with E-state index in [9.17, 15) is 4.79 Å². The predicted octanol–water partition coefficient (Wildman–Crippen LogP) is 4.99. The molecule has 4 nitrogen and oxygen atoms in total. The van der Waals surface area contributed by atoms with Crippen LogP contribution in [0.3, 0.4) is 0 Å². The van der Waals surface area contributed by atoms with E-state index in [0.29, 0.717) is 12.1 Å². The minimum Gasteiger partial charge on any atom is -0.422 e. The Balaban J connectivity index is 1.57. The second-order valence-electron chi connectivity index (χ2n) is 7.89. The minimum atomic E-state index is -0.301. The van der Waals surface area contributed by atoms with Gasteiger partial charge in [-0.3, -0.25) is 4.90 Å². The van der Waals surface area contributed by atoms with Gasteiger partial charge in [0.05, 0.1) is 0 Å². The zero-order valence-electron chi connectivity index (χ0n) is 17.0. The first-order valence-electron chi connectivity index (χ1n) is 10.3. The van der Waals surface area contributed by atoms with Crippen LogP contribution in [0.4, 0.5) is 0 Å². The third kappa shape index (κ3) is 4.25. The molecule has 1 saturated heterocycles. The Morgan fingerprint density at radius 3 is 2.66 bits per heavy atom. The van der Waals surface area contributed by atoms with Gasteiger partial charge < -0.3 is 9.73 Å². The average molecular weight is 411 g/mol. The van der Waals surface area contributed by atoms with E-state index in [4.69, 9.17) is 16.0 Å². The van der Waals surface area contributed by atoms with Crippen molar-refractivity contribution in [1.82, 2.24) is 10.2 Å². The Bertz CT molecular complexity index is 1070. The van der Waals surface area contributed by atoms with Gasteiger partial charge in [-0.2, -0.15) is 0 Å². The fourth-order valence-corrected chi connectivity index (χ4v) is 4.51. The molecule has 0 spiro atoms. The third-order valence-corrected chi connectivity index (χ3v) is 6.36. The van der Waals surface area contributed by atoms with Gasteiger partial charge >= 0.3 is 5.63 Å². The summed E-state index contributed by atoms with van der Waals surface area (Å²) < 4.78 is 5.50. The number of hydrogen-bond acceptors (Lipinski definition) is 4. The molecule has 1 fully saturated rings. The highest BCUT2D eigenvalue weighted by Gasteiger charge is 2.24. The summed E-state index contributed by atoms with van der Waals surface area (Å²) in [7, 11) is 0. The maximum Gasteiger partial charge on any atom is 0.336 e. The van der Waals surface area contributed by atoms with Crippen LogP contribution in [-0.4, -0.2) is 24.5 Å². The number of likely N-dealkylation sites (tertiary alicyclic amines) is 1. The first kappa shape index (κ1) is 20.1. The van der Waals surface area contributed by atoms with Crippen LogP contribution in [0.5, 0.6) is 0 Å². The van der Waals surface area contributed by atoms with Crippen LogP contribution in [0, 0.1) is 13.8 Å². The molecule has 2 heterocycles. The lowest BCUT2D eigenvalue weighted by Gasteiger charge is -2.29. The van der Waals surface area contributed by atoms with Gasteiger partial charge in [0.2, 0.25) is 0 Å². The van der Waals surface area contributed by atoms with Crippen LogP contribution in [0.15, 0.2) is 51.7 Å². The van der Waals surface area contributed by atoms with E-state index in [1.165, 1.54) is 12.8 Å². The second kappa shape index (κ2) is 8.70. The Morgan fingerprint density at radius 2 is 1.90 bits per heavy atom. The highest BCUT2D eigenvalue weighted by atomic mass is 35.5. The lowest BCUT2D eigenvalue weighted by atomic mass is 10.0. The van der Waals surface area contributed by atoms with Crippen molar-refractivity contribution >= 4 is 22.6 Å². The number of nitrogens with one attached hydrogen (secondary N) is 1. The van der Waals surface area contributed by atoms with Crippen LogP contribution in [-0.2, 0) is 6.54 Å². The fourth-order valence-electron chi connectivity index (χ4n) is 4.25. The first-order valence-corrected chi connectivity index (χ1v) is 10.6. The van der Waals surface area contributed by atoms with E-state index in [2.05, 4.69) is 22.3 Å². The molecule has 2 aromatic carbocycles. The lowest BCUT2D eigenvalue weighted by Crippen LogP contribution is -2.34. The molecule has 5 heteroatoms. The van der Waals surface area contributed by atoms with E-state index in [-0.39, 0.29) is 11.7 Å². The Morgan fingerprint density at radius 1 is 1.14 bits per heavy atom. The molecule has 1 aliphatic rings. The zero-order valence-corrected chi connectivity index (χ0v) is 17.8. The summed E-state index contributed by atoms with van der Waals surface area (Å²) in [5.41, 5.74) is 4.67. The first-order chi connectivity index (χ1) is 14.0. The van der Waals surface area contributed by atoms with Gasteiger partial charge in [-0.25, -0.2) is 4.79 Å². The summed E-state index contributed by atoms with van der Waals surface area (Å²) in [4.78, 5) is 14.6. The van der Waals surface area contributed by atoms with Crippen LogP contribution < -0.4 is 10.9 Å². The molecule has 152 valence electrons. The Kier molecular flexibility index (Phi) is 6.04. The summed E-state index contributed by atoms with van der Waals surface area (Å²) in [5, 5.41) is 5.38. The van der Waals surface area contributed by atoms with Crippen molar-refractivity contribution in [2.75, 3.05) is 19.6 Å². The quantitative estimate of drug-likeness (QED) is 0.581. The number of hydrogen-bond donors (Lipinski definition) is 1. The summed E-state index contributed by atoms with van der Waals surface area (Å²) in [6, 6.07) is 14.0. The Labute approximate surface area is 176 Å². The van der Waals surface area contributed by atoms with Crippen molar-refractivity contribution in [1.29, 1.82) is 0 Å². The van der Waals surface area contributed by atoms with Gasteiger partial charge in [-0.05, 0) is 68.1 Å².